The molecule has 0 aromatic rings. The Morgan fingerprint density at radius 1 is 1.06 bits per heavy atom. The minimum absolute atomic E-state index is 0.484. The van der Waals surface area contributed by atoms with Crippen LogP contribution in [0.2, 0.25) is 0 Å². The Balaban J connectivity index is 1.34. The van der Waals surface area contributed by atoms with E-state index in [1.165, 1.54) is 38.5 Å². The molecule has 3 fully saturated rings. The Morgan fingerprint density at radius 2 is 1.81 bits per heavy atom. The topological polar surface area (TPSA) is 24.5 Å². The van der Waals surface area contributed by atoms with Gasteiger partial charge < -0.3 is 15.0 Å². The molecular formula is C13H24N2O. The lowest BCUT2D eigenvalue weighted by Crippen LogP contribution is -2.33. The van der Waals surface area contributed by atoms with Gasteiger partial charge in [0, 0.05) is 25.2 Å². The first-order valence-corrected chi connectivity index (χ1v) is 6.90. The molecule has 1 saturated heterocycles. The van der Waals surface area contributed by atoms with Crippen LogP contribution in [0.25, 0.3) is 0 Å². The third-order valence-corrected chi connectivity index (χ3v) is 4.07. The molecule has 3 aliphatic rings. The third kappa shape index (κ3) is 2.96. The molecule has 0 bridgehead atoms. The van der Waals surface area contributed by atoms with Gasteiger partial charge in [0.1, 0.15) is 0 Å². The van der Waals surface area contributed by atoms with Crippen LogP contribution < -0.4 is 5.32 Å². The fraction of sp³-hybridized carbons (Fsp3) is 1.00. The van der Waals surface area contributed by atoms with Crippen molar-refractivity contribution >= 4 is 0 Å². The van der Waals surface area contributed by atoms with E-state index in [1.807, 2.05) is 0 Å². The first-order chi connectivity index (χ1) is 7.81. The van der Waals surface area contributed by atoms with Gasteiger partial charge in [-0.15, -0.1) is 0 Å². The van der Waals surface area contributed by atoms with Crippen molar-refractivity contribution in [3.05, 3.63) is 0 Å². The number of hydrogen-bond acceptors (Lipinski definition) is 3. The van der Waals surface area contributed by atoms with Gasteiger partial charge in [-0.25, -0.2) is 0 Å². The summed E-state index contributed by atoms with van der Waals surface area (Å²) in [6.07, 6.45) is 9.04. The zero-order valence-corrected chi connectivity index (χ0v) is 10.3. The van der Waals surface area contributed by atoms with Crippen LogP contribution in [-0.4, -0.2) is 49.3 Å². The lowest BCUT2D eigenvalue weighted by molar-refractivity contribution is 0.0265. The van der Waals surface area contributed by atoms with Gasteiger partial charge in [-0.2, -0.15) is 0 Å². The highest BCUT2D eigenvalue weighted by Gasteiger charge is 2.32. The van der Waals surface area contributed by atoms with E-state index in [1.54, 1.807) is 0 Å². The average molecular weight is 224 g/mol. The molecular weight excluding hydrogens is 200 g/mol. The largest absolute Gasteiger partial charge is 0.372 e. The van der Waals surface area contributed by atoms with Gasteiger partial charge in [-0.3, -0.25) is 0 Å². The summed E-state index contributed by atoms with van der Waals surface area (Å²) in [4.78, 5) is 2.49. The van der Waals surface area contributed by atoms with Crippen molar-refractivity contribution in [3.63, 3.8) is 0 Å². The fourth-order valence-electron chi connectivity index (χ4n) is 2.64. The molecule has 0 spiro atoms. The Bertz CT molecular complexity index is 238. The number of likely N-dealkylation sites (N-methyl/N-ethyl adjacent to an activating group) is 1. The standard InChI is InChI=1S/C13H24N2O/c1-15(11-4-5-11)9-13-7-6-12(16-13)8-14-10-2-3-10/h10-14H,2-9H2,1H3. The molecule has 16 heavy (non-hydrogen) atoms. The summed E-state index contributed by atoms with van der Waals surface area (Å²) in [7, 11) is 2.25. The Labute approximate surface area is 98.5 Å². The molecule has 2 unspecified atom stereocenters. The molecule has 0 radical (unpaired) electrons. The van der Waals surface area contributed by atoms with Gasteiger partial charge in [0.25, 0.3) is 0 Å². The van der Waals surface area contributed by atoms with E-state index in [2.05, 4.69) is 17.3 Å². The molecule has 1 N–H and O–H groups in total. The quantitative estimate of drug-likeness (QED) is 0.737. The van der Waals surface area contributed by atoms with Gasteiger partial charge in [-0.1, -0.05) is 0 Å². The van der Waals surface area contributed by atoms with Crippen LogP contribution in [0, 0.1) is 0 Å². The molecule has 1 heterocycles. The molecule has 2 saturated carbocycles. The summed E-state index contributed by atoms with van der Waals surface area (Å²) in [5, 5.41) is 3.57. The molecule has 0 aromatic carbocycles. The second kappa shape index (κ2) is 4.63. The number of nitrogens with zero attached hydrogens (tertiary/aromatic N) is 1. The van der Waals surface area contributed by atoms with E-state index in [9.17, 15) is 0 Å². The first-order valence-electron chi connectivity index (χ1n) is 6.90. The van der Waals surface area contributed by atoms with Gasteiger partial charge in [0.15, 0.2) is 0 Å². The molecule has 2 atom stereocenters. The van der Waals surface area contributed by atoms with Gasteiger partial charge in [-0.05, 0) is 45.6 Å². The summed E-state index contributed by atoms with van der Waals surface area (Å²) >= 11 is 0. The van der Waals surface area contributed by atoms with Crippen LogP contribution in [0.4, 0.5) is 0 Å². The predicted molar refractivity (Wildman–Crippen MR) is 64.6 cm³/mol. The zero-order chi connectivity index (χ0) is 11.0. The summed E-state index contributed by atoms with van der Waals surface area (Å²) in [6, 6.07) is 1.68. The van der Waals surface area contributed by atoms with Crippen LogP contribution in [0.3, 0.4) is 0 Å². The maximum absolute atomic E-state index is 6.08. The zero-order valence-electron chi connectivity index (χ0n) is 10.3. The van der Waals surface area contributed by atoms with E-state index < -0.39 is 0 Å². The van der Waals surface area contributed by atoms with Crippen molar-refractivity contribution in [2.75, 3.05) is 20.1 Å². The van der Waals surface area contributed by atoms with Crippen LogP contribution >= 0.6 is 0 Å². The monoisotopic (exact) mass is 224 g/mol. The Kier molecular flexibility index (Phi) is 3.18. The SMILES string of the molecule is CN(CC1CCC(CNC2CC2)O1)C1CC1. The Morgan fingerprint density at radius 3 is 2.50 bits per heavy atom. The number of nitrogens with one attached hydrogen (secondary N) is 1. The van der Waals surface area contributed by atoms with Gasteiger partial charge in [0.2, 0.25) is 0 Å². The molecule has 0 aromatic heterocycles. The first kappa shape index (κ1) is 11.0. The van der Waals surface area contributed by atoms with Crippen LogP contribution in [0.5, 0.6) is 0 Å². The maximum Gasteiger partial charge on any atom is 0.0707 e. The summed E-state index contributed by atoms with van der Waals surface area (Å²) in [6.45, 7) is 2.22. The molecule has 3 heteroatoms. The molecule has 3 rings (SSSR count). The van der Waals surface area contributed by atoms with Crippen molar-refractivity contribution in [1.82, 2.24) is 10.2 Å². The minimum Gasteiger partial charge on any atom is -0.372 e. The van der Waals surface area contributed by atoms with Crippen molar-refractivity contribution in [3.8, 4) is 0 Å². The Hall–Kier alpha value is -0.120. The highest BCUT2D eigenvalue weighted by atomic mass is 16.5. The van der Waals surface area contributed by atoms with Gasteiger partial charge in [0.05, 0.1) is 12.2 Å². The van der Waals surface area contributed by atoms with Crippen molar-refractivity contribution < 1.29 is 4.74 Å². The second-order valence-electron chi connectivity index (χ2n) is 5.81. The lowest BCUT2D eigenvalue weighted by Gasteiger charge is -2.21. The van der Waals surface area contributed by atoms with E-state index in [-0.39, 0.29) is 0 Å². The average Bonchev–Trinajstić information content (AvgIpc) is 3.16. The van der Waals surface area contributed by atoms with E-state index >= 15 is 0 Å². The summed E-state index contributed by atoms with van der Waals surface area (Å²) < 4.78 is 6.08. The van der Waals surface area contributed by atoms with E-state index in [0.29, 0.717) is 12.2 Å². The normalized spacial score (nSPS) is 34.9. The highest BCUT2D eigenvalue weighted by molar-refractivity contribution is 4.87. The third-order valence-electron chi connectivity index (χ3n) is 4.07. The van der Waals surface area contributed by atoms with Crippen LogP contribution in [0.1, 0.15) is 38.5 Å². The number of hydrogen-bond donors (Lipinski definition) is 1. The van der Waals surface area contributed by atoms with Crippen molar-refractivity contribution in [2.24, 2.45) is 0 Å². The molecule has 1 aliphatic heterocycles. The van der Waals surface area contributed by atoms with Crippen LogP contribution in [-0.2, 0) is 4.74 Å². The van der Waals surface area contributed by atoms with Crippen molar-refractivity contribution in [1.29, 1.82) is 0 Å². The molecule has 92 valence electrons. The van der Waals surface area contributed by atoms with Crippen LogP contribution in [0.15, 0.2) is 0 Å². The lowest BCUT2D eigenvalue weighted by atomic mass is 10.2. The number of rotatable bonds is 6. The summed E-state index contributed by atoms with van der Waals surface area (Å²) in [5.74, 6) is 0. The van der Waals surface area contributed by atoms with E-state index in [0.717, 1.165) is 25.2 Å². The molecule has 2 aliphatic carbocycles. The predicted octanol–water partition coefficient (Wildman–Crippen LogP) is 1.38. The molecule has 3 nitrogen and oxygen atoms in total. The smallest absolute Gasteiger partial charge is 0.0707 e. The van der Waals surface area contributed by atoms with Gasteiger partial charge >= 0.3 is 0 Å². The highest BCUT2D eigenvalue weighted by Crippen LogP contribution is 2.28. The fourth-order valence-corrected chi connectivity index (χ4v) is 2.64. The minimum atomic E-state index is 0.484. The number of ether oxygens (including phenoxy) is 1. The second-order valence-corrected chi connectivity index (χ2v) is 5.81. The van der Waals surface area contributed by atoms with Crippen molar-refractivity contribution in [2.45, 2.75) is 62.8 Å². The van der Waals surface area contributed by atoms with E-state index in [4.69, 9.17) is 4.74 Å². The summed E-state index contributed by atoms with van der Waals surface area (Å²) in [5.41, 5.74) is 0. The molecule has 0 amide bonds. The maximum atomic E-state index is 6.08.